The Morgan fingerprint density at radius 1 is 0.872 bits per heavy atom. The number of benzene rings is 3. The van der Waals surface area contributed by atoms with Crippen molar-refractivity contribution in [3.05, 3.63) is 95.6 Å². The summed E-state index contributed by atoms with van der Waals surface area (Å²) >= 11 is 0. The van der Waals surface area contributed by atoms with E-state index in [0.29, 0.717) is 18.7 Å². The van der Waals surface area contributed by atoms with E-state index in [-0.39, 0.29) is 24.9 Å². The third kappa shape index (κ3) is 5.64. The molecule has 0 aliphatic carbocycles. The number of carbonyl (C=O) groups is 3. The van der Waals surface area contributed by atoms with Crippen LogP contribution >= 0.6 is 0 Å². The highest BCUT2D eigenvalue weighted by molar-refractivity contribution is 6.07. The van der Waals surface area contributed by atoms with Crippen LogP contribution in [-0.2, 0) is 32.2 Å². The standard InChI is InChI=1S/C30H31N3O6/c1-37-23-13-11-20(12-14-23)15-16-31-25(34)19-33-27(22-9-6-10-24(17-22)38-2)26-28(39-33)30(36)32(29(26)35)18-21-7-4-3-5-8-21/h3-14,17,26-28H,15-16,18-19H2,1-2H3,(H,31,34). The highest BCUT2D eigenvalue weighted by Gasteiger charge is 2.59. The SMILES string of the molecule is COc1ccc(CCNC(=O)CN2OC3C(=O)N(Cc4ccccc4)C(=O)C3C2c2cccc(OC)c2)cc1. The number of amides is 3. The highest BCUT2D eigenvalue weighted by Crippen LogP contribution is 2.45. The predicted octanol–water partition coefficient (Wildman–Crippen LogP) is 2.90. The van der Waals surface area contributed by atoms with Crippen LogP contribution in [-0.4, -0.2) is 61.1 Å². The number of hydrogen-bond donors (Lipinski definition) is 1. The van der Waals surface area contributed by atoms with Gasteiger partial charge in [0.05, 0.1) is 32.7 Å². The number of carbonyl (C=O) groups excluding carboxylic acids is 3. The van der Waals surface area contributed by atoms with Crippen LogP contribution in [0.1, 0.15) is 22.7 Å². The van der Waals surface area contributed by atoms with Crippen LogP contribution in [0.3, 0.4) is 0 Å². The molecule has 2 heterocycles. The van der Waals surface area contributed by atoms with Crippen molar-refractivity contribution in [1.29, 1.82) is 0 Å². The van der Waals surface area contributed by atoms with Crippen molar-refractivity contribution in [3.63, 3.8) is 0 Å². The van der Waals surface area contributed by atoms with Gasteiger partial charge in [0.1, 0.15) is 18.0 Å². The minimum absolute atomic E-state index is 0.128. The molecule has 2 saturated heterocycles. The van der Waals surface area contributed by atoms with E-state index in [4.69, 9.17) is 14.3 Å². The van der Waals surface area contributed by atoms with Crippen molar-refractivity contribution in [1.82, 2.24) is 15.3 Å². The van der Waals surface area contributed by atoms with Crippen LogP contribution in [0.4, 0.5) is 0 Å². The lowest BCUT2D eigenvalue weighted by molar-refractivity contribution is -0.182. The molecule has 39 heavy (non-hydrogen) atoms. The van der Waals surface area contributed by atoms with Gasteiger partial charge in [-0.25, -0.2) is 0 Å². The van der Waals surface area contributed by atoms with Gasteiger partial charge in [0.25, 0.3) is 5.91 Å². The van der Waals surface area contributed by atoms with Gasteiger partial charge in [-0.05, 0) is 47.4 Å². The molecule has 0 bridgehead atoms. The van der Waals surface area contributed by atoms with Gasteiger partial charge in [0.2, 0.25) is 11.8 Å². The number of imide groups is 1. The summed E-state index contributed by atoms with van der Waals surface area (Å²) in [6.45, 7) is 0.473. The Morgan fingerprint density at radius 2 is 1.62 bits per heavy atom. The third-order valence-electron chi connectivity index (χ3n) is 7.10. The van der Waals surface area contributed by atoms with E-state index in [0.717, 1.165) is 22.4 Å². The fourth-order valence-electron chi connectivity index (χ4n) is 5.12. The lowest BCUT2D eigenvalue weighted by Gasteiger charge is -2.27. The van der Waals surface area contributed by atoms with Gasteiger partial charge in [0, 0.05) is 6.54 Å². The van der Waals surface area contributed by atoms with Crippen LogP contribution in [0.2, 0.25) is 0 Å². The number of nitrogens with one attached hydrogen (secondary N) is 1. The largest absolute Gasteiger partial charge is 0.497 e. The van der Waals surface area contributed by atoms with Crippen LogP contribution < -0.4 is 14.8 Å². The second-order valence-corrected chi connectivity index (χ2v) is 9.54. The minimum atomic E-state index is -0.996. The molecular weight excluding hydrogens is 498 g/mol. The number of ether oxygens (including phenoxy) is 2. The molecule has 3 amide bonds. The molecule has 3 atom stereocenters. The first-order valence-electron chi connectivity index (χ1n) is 12.8. The van der Waals surface area contributed by atoms with Crippen molar-refractivity contribution in [2.75, 3.05) is 27.3 Å². The van der Waals surface area contributed by atoms with E-state index in [9.17, 15) is 14.4 Å². The zero-order chi connectivity index (χ0) is 27.4. The van der Waals surface area contributed by atoms with Gasteiger partial charge in [-0.3, -0.25) is 24.1 Å². The number of hydroxylamine groups is 2. The van der Waals surface area contributed by atoms with Crippen LogP contribution in [0.15, 0.2) is 78.9 Å². The number of methoxy groups -OCH3 is 2. The summed E-state index contributed by atoms with van der Waals surface area (Å²) in [5.41, 5.74) is 2.65. The van der Waals surface area contributed by atoms with E-state index in [1.807, 2.05) is 72.8 Å². The number of hydrogen-bond acceptors (Lipinski definition) is 7. The molecule has 3 aromatic carbocycles. The molecular formula is C30H31N3O6. The van der Waals surface area contributed by atoms with E-state index in [2.05, 4.69) is 5.32 Å². The summed E-state index contributed by atoms with van der Waals surface area (Å²) in [5, 5.41) is 4.37. The van der Waals surface area contributed by atoms with Gasteiger partial charge in [-0.15, -0.1) is 0 Å². The second kappa shape index (κ2) is 11.7. The quantitative estimate of drug-likeness (QED) is 0.404. The van der Waals surface area contributed by atoms with Crippen LogP contribution in [0, 0.1) is 5.92 Å². The fraction of sp³-hybridized carbons (Fsp3) is 0.300. The predicted molar refractivity (Wildman–Crippen MR) is 143 cm³/mol. The zero-order valence-corrected chi connectivity index (χ0v) is 21.9. The first-order valence-corrected chi connectivity index (χ1v) is 12.8. The van der Waals surface area contributed by atoms with Crippen LogP contribution in [0.25, 0.3) is 0 Å². The molecule has 1 N–H and O–H groups in total. The average Bonchev–Trinajstić information content (AvgIpc) is 3.44. The lowest BCUT2D eigenvalue weighted by Crippen LogP contribution is -2.41. The molecule has 0 saturated carbocycles. The molecule has 3 aromatic rings. The molecule has 9 heteroatoms. The molecule has 5 rings (SSSR count). The fourth-order valence-corrected chi connectivity index (χ4v) is 5.12. The van der Waals surface area contributed by atoms with E-state index >= 15 is 0 Å². The van der Waals surface area contributed by atoms with Crippen molar-refractivity contribution in [3.8, 4) is 11.5 Å². The summed E-state index contributed by atoms with van der Waals surface area (Å²) in [7, 11) is 3.18. The van der Waals surface area contributed by atoms with E-state index < -0.39 is 24.0 Å². The van der Waals surface area contributed by atoms with Crippen molar-refractivity contribution in [2.24, 2.45) is 5.92 Å². The summed E-state index contributed by atoms with van der Waals surface area (Å²) in [4.78, 5) is 47.1. The molecule has 0 spiro atoms. The minimum Gasteiger partial charge on any atom is -0.497 e. The van der Waals surface area contributed by atoms with Gasteiger partial charge in [0.15, 0.2) is 6.10 Å². The molecule has 2 aliphatic rings. The maximum atomic E-state index is 13.6. The monoisotopic (exact) mass is 529 g/mol. The van der Waals surface area contributed by atoms with Crippen molar-refractivity contribution >= 4 is 17.7 Å². The number of nitrogens with zero attached hydrogens (tertiary/aromatic N) is 2. The maximum absolute atomic E-state index is 13.6. The summed E-state index contributed by atoms with van der Waals surface area (Å²) in [6.07, 6.45) is -0.350. The molecule has 9 nitrogen and oxygen atoms in total. The number of rotatable bonds is 10. The normalized spacial score (nSPS) is 20.7. The van der Waals surface area contributed by atoms with Gasteiger partial charge in [-0.2, -0.15) is 5.06 Å². The third-order valence-corrected chi connectivity index (χ3v) is 7.10. The Labute approximate surface area is 227 Å². The molecule has 202 valence electrons. The summed E-state index contributed by atoms with van der Waals surface area (Å²) in [5.74, 6) is -0.377. The molecule has 0 aromatic heterocycles. The van der Waals surface area contributed by atoms with Gasteiger partial charge in [-0.1, -0.05) is 54.6 Å². The Balaban J connectivity index is 1.31. The second-order valence-electron chi connectivity index (χ2n) is 9.54. The topological polar surface area (TPSA) is 97.4 Å². The first kappa shape index (κ1) is 26.4. The molecule has 2 fully saturated rings. The van der Waals surface area contributed by atoms with Crippen LogP contribution in [0.5, 0.6) is 11.5 Å². The van der Waals surface area contributed by atoms with E-state index in [1.165, 1.54) is 9.96 Å². The zero-order valence-electron chi connectivity index (χ0n) is 21.9. The highest BCUT2D eigenvalue weighted by atomic mass is 16.7. The average molecular weight is 530 g/mol. The Bertz CT molecular complexity index is 1330. The maximum Gasteiger partial charge on any atom is 0.261 e. The summed E-state index contributed by atoms with van der Waals surface area (Å²) < 4.78 is 10.6. The molecule has 3 unspecified atom stereocenters. The van der Waals surface area contributed by atoms with Gasteiger partial charge >= 0.3 is 0 Å². The number of likely N-dealkylation sites (tertiary alicyclic amines) is 1. The first-order chi connectivity index (χ1) is 19.0. The molecule has 2 aliphatic heterocycles. The number of fused-ring (bicyclic) bond motifs is 1. The lowest BCUT2D eigenvalue weighted by atomic mass is 9.90. The van der Waals surface area contributed by atoms with Crippen molar-refractivity contribution < 1.29 is 28.7 Å². The smallest absolute Gasteiger partial charge is 0.261 e. The Hall–Kier alpha value is -4.21. The van der Waals surface area contributed by atoms with Crippen molar-refractivity contribution in [2.45, 2.75) is 25.1 Å². The summed E-state index contributed by atoms with van der Waals surface area (Å²) in [6, 6.07) is 23.7. The Kier molecular flexibility index (Phi) is 7.90. The van der Waals surface area contributed by atoms with E-state index in [1.54, 1.807) is 20.3 Å². The Morgan fingerprint density at radius 3 is 2.33 bits per heavy atom. The van der Waals surface area contributed by atoms with Gasteiger partial charge < -0.3 is 14.8 Å². The molecule has 0 radical (unpaired) electrons.